The van der Waals surface area contributed by atoms with Crippen molar-refractivity contribution >= 4 is 11.6 Å². The van der Waals surface area contributed by atoms with Crippen LogP contribution in [0.4, 0.5) is 0 Å². The summed E-state index contributed by atoms with van der Waals surface area (Å²) in [6.45, 7) is 4.48. The molecule has 0 bridgehead atoms. The van der Waals surface area contributed by atoms with E-state index in [1.165, 1.54) is 33.4 Å². The molecule has 0 N–H and O–H groups in total. The molecule has 0 aromatic heterocycles. The van der Waals surface area contributed by atoms with Crippen molar-refractivity contribution < 1.29 is 0 Å². The molecule has 2 heteroatoms. The molecule has 0 amide bonds. The van der Waals surface area contributed by atoms with Crippen molar-refractivity contribution in [3.63, 3.8) is 0 Å². The van der Waals surface area contributed by atoms with Crippen molar-refractivity contribution in [1.29, 1.82) is 5.26 Å². The van der Waals surface area contributed by atoms with Crippen molar-refractivity contribution in [2.45, 2.75) is 19.3 Å². The summed E-state index contributed by atoms with van der Waals surface area (Å²) in [5.41, 5.74) is 10.2. The SMILES string of the molecule is CC1(C)c2cc(C#N)ccc2-c2c(-c3cccc(-c4cccc(Cl)c4)c3)cccc21. The summed E-state index contributed by atoms with van der Waals surface area (Å²) in [6.07, 6.45) is 0. The molecular weight excluding hydrogens is 386 g/mol. The first-order valence-corrected chi connectivity index (χ1v) is 10.4. The second kappa shape index (κ2) is 6.87. The number of halogens is 1. The molecule has 0 spiro atoms. The number of benzene rings is 4. The molecule has 5 rings (SSSR count). The zero-order valence-electron chi connectivity index (χ0n) is 16.9. The average molecular weight is 406 g/mol. The van der Waals surface area contributed by atoms with Crippen LogP contribution in [-0.2, 0) is 5.41 Å². The summed E-state index contributed by atoms with van der Waals surface area (Å²) in [7, 11) is 0. The predicted molar refractivity (Wildman–Crippen MR) is 125 cm³/mol. The highest BCUT2D eigenvalue weighted by Crippen LogP contribution is 2.52. The molecule has 0 saturated heterocycles. The summed E-state index contributed by atoms with van der Waals surface area (Å²) >= 11 is 6.22. The first-order valence-electron chi connectivity index (χ1n) is 10.0. The highest BCUT2D eigenvalue weighted by Gasteiger charge is 2.37. The van der Waals surface area contributed by atoms with Gasteiger partial charge >= 0.3 is 0 Å². The van der Waals surface area contributed by atoms with E-state index < -0.39 is 0 Å². The van der Waals surface area contributed by atoms with E-state index in [0.29, 0.717) is 5.56 Å². The van der Waals surface area contributed by atoms with Crippen LogP contribution in [0.25, 0.3) is 33.4 Å². The molecule has 0 unspecified atom stereocenters. The molecule has 0 atom stereocenters. The molecule has 4 aromatic rings. The first-order chi connectivity index (χ1) is 14.5. The maximum absolute atomic E-state index is 9.39. The van der Waals surface area contributed by atoms with Gasteiger partial charge in [-0.3, -0.25) is 0 Å². The zero-order chi connectivity index (χ0) is 20.9. The Morgan fingerprint density at radius 2 is 1.40 bits per heavy atom. The van der Waals surface area contributed by atoms with Crippen LogP contribution in [0, 0.1) is 11.3 Å². The highest BCUT2D eigenvalue weighted by molar-refractivity contribution is 6.30. The van der Waals surface area contributed by atoms with Crippen LogP contribution in [0.5, 0.6) is 0 Å². The molecule has 0 radical (unpaired) electrons. The van der Waals surface area contributed by atoms with E-state index >= 15 is 0 Å². The lowest BCUT2D eigenvalue weighted by Gasteiger charge is -2.21. The van der Waals surface area contributed by atoms with Gasteiger partial charge in [0, 0.05) is 10.4 Å². The average Bonchev–Trinajstić information content (AvgIpc) is 3.00. The molecule has 0 fully saturated rings. The van der Waals surface area contributed by atoms with Crippen molar-refractivity contribution in [3.05, 3.63) is 107 Å². The number of nitrogens with zero attached hydrogens (tertiary/aromatic N) is 1. The summed E-state index contributed by atoms with van der Waals surface area (Å²) in [5, 5.41) is 10.1. The summed E-state index contributed by atoms with van der Waals surface area (Å²) in [6, 6.07) is 31.5. The second-order valence-electron chi connectivity index (χ2n) is 8.32. The molecule has 0 saturated carbocycles. The van der Waals surface area contributed by atoms with Crippen molar-refractivity contribution in [1.82, 2.24) is 0 Å². The number of fused-ring (bicyclic) bond motifs is 3. The van der Waals surface area contributed by atoms with Crippen molar-refractivity contribution in [2.24, 2.45) is 0 Å². The van der Waals surface area contributed by atoms with Crippen LogP contribution >= 0.6 is 11.6 Å². The third kappa shape index (κ3) is 2.84. The zero-order valence-corrected chi connectivity index (χ0v) is 17.7. The Hall–Kier alpha value is -3.34. The first kappa shape index (κ1) is 18.7. The van der Waals surface area contributed by atoms with Crippen molar-refractivity contribution in [2.75, 3.05) is 0 Å². The third-order valence-electron chi connectivity index (χ3n) is 6.16. The normalized spacial score (nSPS) is 13.4. The Labute approximate surface area is 182 Å². The Morgan fingerprint density at radius 3 is 2.17 bits per heavy atom. The van der Waals surface area contributed by atoms with Gasteiger partial charge in [-0.05, 0) is 74.8 Å². The number of rotatable bonds is 2. The van der Waals surface area contributed by atoms with Crippen LogP contribution in [0.2, 0.25) is 5.02 Å². The minimum Gasteiger partial charge on any atom is -0.192 e. The van der Waals surface area contributed by atoms with E-state index in [9.17, 15) is 5.26 Å². The Kier molecular flexibility index (Phi) is 4.28. The molecule has 0 aliphatic heterocycles. The van der Waals surface area contributed by atoms with Gasteiger partial charge in [0.1, 0.15) is 0 Å². The van der Waals surface area contributed by atoms with Gasteiger partial charge in [-0.1, -0.05) is 80.0 Å². The van der Waals surface area contributed by atoms with Gasteiger partial charge < -0.3 is 0 Å². The molecule has 30 heavy (non-hydrogen) atoms. The maximum Gasteiger partial charge on any atom is 0.0991 e. The number of hydrogen-bond acceptors (Lipinski definition) is 1. The predicted octanol–water partition coefficient (Wildman–Crippen LogP) is 7.85. The monoisotopic (exact) mass is 405 g/mol. The lowest BCUT2D eigenvalue weighted by atomic mass is 9.81. The van der Waals surface area contributed by atoms with Gasteiger partial charge in [0.05, 0.1) is 11.6 Å². The maximum atomic E-state index is 9.39. The van der Waals surface area contributed by atoms with Crippen LogP contribution in [0.1, 0.15) is 30.5 Å². The number of hydrogen-bond donors (Lipinski definition) is 0. The molecular formula is C28H20ClN. The minimum absolute atomic E-state index is 0.141. The summed E-state index contributed by atoms with van der Waals surface area (Å²) in [5.74, 6) is 0. The van der Waals surface area contributed by atoms with E-state index in [1.807, 2.05) is 30.3 Å². The van der Waals surface area contributed by atoms with E-state index in [1.54, 1.807) is 0 Å². The Balaban J connectivity index is 1.72. The van der Waals surface area contributed by atoms with E-state index in [2.05, 4.69) is 74.5 Å². The third-order valence-corrected chi connectivity index (χ3v) is 6.40. The minimum atomic E-state index is -0.141. The Bertz CT molecular complexity index is 1340. The molecule has 1 aliphatic rings. The van der Waals surface area contributed by atoms with Gasteiger partial charge in [-0.15, -0.1) is 0 Å². The van der Waals surface area contributed by atoms with Gasteiger partial charge in [-0.2, -0.15) is 5.26 Å². The fourth-order valence-corrected chi connectivity index (χ4v) is 4.82. The second-order valence-corrected chi connectivity index (χ2v) is 8.75. The molecule has 1 nitrogen and oxygen atoms in total. The standard InChI is InChI=1S/C28H20ClN/c1-28(2)25-11-5-10-23(27(25)24-13-12-18(17-30)14-26(24)28)21-8-3-6-19(15-21)20-7-4-9-22(29)16-20/h3-16H,1-2H3. The van der Waals surface area contributed by atoms with E-state index in [-0.39, 0.29) is 5.41 Å². The molecule has 4 aromatic carbocycles. The largest absolute Gasteiger partial charge is 0.192 e. The highest BCUT2D eigenvalue weighted by atomic mass is 35.5. The molecule has 0 heterocycles. The molecule has 144 valence electrons. The van der Waals surface area contributed by atoms with Crippen LogP contribution in [-0.4, -0.2) is 0 Å². The van der Waals surface area contributed by atoms with Gasteiger partial charge in [-0.25, -0.2) is 0 Å². The van der Waals surface area contributed by atoms with Crippen LogP contribution in [0.15, 0.2) is 84.9 Å². The Morgan fingerprint density at radius 1 is 0.700 bits per heavy atom. The lowest BCUT2D eigenvalue weighted by molar-refractivity contribution is 0.660. The van der Waals surface area contributed by atoms with E-state index in [4.69, 9.17) is 11.6 Å². The van der Waals surface area contributed by atoms with Gasteiger partial charge in [0.15, 0.2) is 0 Å². The topological polar surface area (TPSA) is 23.8 Å². The summed E-state index contributed by atoms with van der Waals surface area (Å²) in [4.78, 5) is 0. The van der Waals surface area contributed by atoms with Crippen LogP contribution in [0.3, 0.4) is 0 Å². The summed E-state index contributed by atoms with van der Waals surface area (Å²) < 4.78 is 0. The number of nitriles is 1. The van der Waals surface area contributed by atoms with Gasteiger partial charge in [0.25, 0.3) is 0 Å². The van der Waals surface area contributed by atoms with Crippen molar-refractivity contribution in [3.8, 4) is 39.4 Å². The van der Waals surface area contributed by atoms with E-state index in [0.717, 1.165) is 16.1 Å². The van der Waals surface area contributed by atoms with Gasteiger partial charge in [0.2, 0.25) is 0 Å². The quantitative estimate of drug-likeness (QED) is 0.333. The fourth-order valence-electron chi connectivity index (χ4n) is 4.63. The fraction of sp³-hybridized carbons (Fsp3) is 0.107. The molecule has 1 aliphatic carbocycles. The van der Waals surface area contributed by atoms with Crippen LogP contribution < -0.4 is 0 Å². The lowest BCUT2D eigenvalue weighted by Crippen LogP contribution is -2.15. The smallest absolute Gasteiger partial charge is 0.0991 e.